The number of aryl methyl sites for hydroxylation is 1. The van der Waals surface area contributed by atoms with Crippen molar-refractivity contribution in [2.75, 3.05) is 36.5 Å². The predicted octanol–water partition coefficient (Wildman–Crippen LogP) is 5.37. The first-order chi connectivity index (χ1) is 16.4. The largest absolute Gasteiger partial charge is 0.372 e. The third kappa shape index (κ3) is 5.17. The summed E-state index contributed by atoms with van der Waals surface area (Å²) in [5.74, 6) is 0.614. The van der Waals surface area contributed by atoms with Crippen molar-refractivity contribution in [1.29, 1.82) is 0 Å². The van der Waals surface area contributed by atoms with Crippen LogP contribution >= 0.6 is 0 Å². The fraction of sp³-hybridized carbons (Fsp3) is 0.481. The summed E-state index contributed by atoms with van der Waals surface area (Å²) in [6.45, 7) is 11.7. The molecule has 0 spiro atoms. The number of aromatic nitrogens is 2. The Morgan fingerprint density at radius 3 is 2.65 bits per heavy atom. The number of nitrogens with zero attached hydrogens (tertiary/aromatic N) is 3. The van der Waals surface area contributed by atoms with Crippen LogP contribution in [0.5, 0.6) is 0 Å². The molecule has 2 unspecified atom stereocenters. The molecule has 4 heterocycles. The smallest absolute Gasteiger partial charge is 0.201 e. The van der Waals surface area contributed by atoms with Crippen molar-refractivity contribution in [3.63, 3.8) is 0 Å². The summed E-state index contributed by atoms with van der Waals surface area (Å²) in [6, 6.07) is 12.6. The number of anilines is 3. The van der Waals surface area contributed by atoms with E-state index in [0.717, 1.165) is 53.2 Å². The zero-order valence-electron chi connectivity index (χ0n) is 20.5. The van der Waals surface area contributed by atoms with E-state index in [1.807, 2.05) is 25.3 Å². The summed E-state index contributed by atoms with van der Waals surface area (Å²) in [6.07, 6.45) is 2.99. The van der Waals surface area contributed by atoms with Crippen LogP contribution in [-0.2, 0) is 14.2 Å². The highest BCUT2D eigenvalue weighted by Gasteiger charge is 2.26. The van der Waals surface area contributed by atoms with Gasteiger partial charge in [-0.1, -0.05) is 13.8 Å². The number of morpholine rings is 1. The van der Waals surface area contributed by atoms with Gasteiger partial charge in [-0.05, 0) is 62.6 Å². The molecule has 7 heteroatoms. The molecule has 2 aromatic heterocycles. The number of ether oxygens (including phenoxy) is 3. The number of nitrogens with one attached hydrogen (secondary N) is 1. The second-order valence-corrected chi connectivity index (χ2v) is 9.79. The first kappa shape index (κ1) is 23.0. The highest BCUT2D eigenvalue weighted by Crippen LogP contribution is 2.32. The molecule has 0 saturated carbocycles. The van der Waals surface area contributed by atoms with E-state index in [4.69, 9.17) is 19.2 Å². The minimum atomic E-state index is -0.365. The Morgan fingerprint density at radius 1 is 1.09 bits per heavy atom. The first-order valence-corrected chi connectivity index (χ1v) is 12.2. The standard InChI is InChI=1S/C27H34N4O3/c1-17(2)11-22-16-31(15-19(4)34-22)21-6-8-24-23(13-21)26(12-18(3)29-24)30-20-5-7-25(28-14-20)27-32-9-10-33-27/h5-8,12-14,17,19,22,27H,9-11,15-16H2,1-4H3,(H,29,30). The van der Waals surface area contributed by atoms with Crippen LogP contribution in [0.2, 0.25) is 0 Å². The zero-order valence-corrected chi connectivity index (χ0v) is 20.5. The van der Waals surface area contributed by atoms with Gasteiger partial charge >= 0.3 is 0 Å². The number of pyridine rings is 2. The molecule has 0 bridgehead atoms. The third-order valence-electron chi connectivity index (χ3n) is 6.27. The molecule has 2 aliphatic heterocycles. The topological polar surface area (TPSA) is 68.7 Å². The number of hydrogen-bond donors (Lipinski definition) is 1. The number of hydrogen-bond acceptors (Lipinski definition) is 7. The summed E-state index contributed by atoms with van der Waals surface area (Å²) < 4.78 is 17.3. The molecule has 7 nitrogen and oxygen atoms in total. The minimum absolute atomic E-state index is 0.208. The van der Waals surface area contributed by atoms with E-state index in [1.165, 1.54) is 5.69 Å². The number of benzene rings is 1. The summed E-state index contributed by atoms with van der Waals surface area (Å²) >= 11 is 0. The Balaban J connectivity index is 1.41. The average Bonchev–Trinajstić information content (AvgIpc) is 3.33. The van der Waals surface area contributed by atoms with Gasteiger partial charge in [0.25, 0.3) is 0 Å². The minimum Gasteiger partial charge on any atom is -0.372 e. The lowest BCUT2D eigenvalue weighted by atomic mass is 10.0. The van der Waals surface area contributed by atoms with Gasteiger partial charge in [0.2, 0.25) is 6.29 Å². The van der Waals surface area contributed by atoms with Crippen molar-refractivity contribution in [3.05, 3.63) is 54.0 Å². The van der Waals surface area contributed by atoms with Gasteiger partial charge in [0.1, 0.15) is 0 Å². The molecular formula is C27H34N4O3. The number of fused-ring (bicyclic) bond motifs is 1. The van der Waals surface area contributed by atoms with Crippen molar-refractivity contribution >= 4 is 28.0 Å². The summed E-state index contributed by atoms with van der Waals surface area (Å²) in [5.41, 5.74) is 5.87. The summed E-state index contributed by atoms with van der Waals surface area (Å²) in [7, 11) is 0. The Morgan fingerprint density at radius 2 is 1.91 bits per heavy atom. The van der Waals surface area contributed by atoms with Crippen LogP contribution in [0.4, 0.5) is 17.1 Å². The summed E-state index contributed by atoms with van der Waals surface area (Å²) in [5, 5.41) is 4.64. The SMILES string of the molecule is Cc1cc(Nc2ccc(C3OCCO3)nc2)c2cc(N3CC(C)OC(CC(C)C)C3)ccc2n1. The molecule has 2 aliphatic rings. The molecule has 0 radical (unpaired) electrons. The number of rotatable bonds is 6. The van der Waals surface area contributed by atoms with Crippen LogP contribution < -0.4 is 10.2 Å². The van der Waals surface area contributed by atoms with Crippen LogP contribution in [0.1, 0.15) is 44.9 Å². The second kappa shape index (κ2) is 9.86. The maximum atomic E-state index is 6.21. The Hall–Kier alpha value is -2.74. The van der Waals surface area contributed by atoms with Crippen molar-refractivity contribution in [2.45, 2.75) is 52.6 Å². The molecular weight excluding hydrogens is 428 g/mol. The highest BCUT2D eigenvalue weighted by molar-refractivity contribution is 5.95. The molecule has 2 saturated heterocycles. The third-order valence-corrected chi connectivity index (χ3v) is 6.27. The van der Waals surface area contributed by atoms with E-state index < -0.39 is 0 Å². The molecule has 2 atom stereocenters. The normalized spacial score (nSPS) is 21.5. The molecule has 0 amide bonds. The molecule has 2 fully saturated rings. The molecule has 34 heavy (non-hydrogen) atoms. The van der Waals surface area contributed by atoms with Crippen LogP contribution in [0, 0.1) is 12.8 Å². The van der Waals surface area contributed by atoms with E-state index in [9.17, 15) is 0 Å². The quantitative estimate of drug-likeness (QED) is 0.528. The van der Waals surface area contributed by atoms with Crippen molar-refractivity contribution in [1.82, 2.24) is 9.97 Å². The fourth-order valence-electron chi connectivity index (χ4n) is 4.86. The molecule has 3 aromatic rings. The first-order valence-electron chi connectivity index (χ1n) is 12.2. The maximum absolute atomic E-state index is 6.21. The van der Waals surface area contributed by atoms with Gasteiger partial charge in [0, 0.05) is 35.5 Å². The Labute approximate surface area is 201 Å². The van der Waals surface area contributed by atoms with E-state index in [-0.39, 0.29) is 18.5 Å². The maximum Gasteiger partial charge on any atom is 0.201 e. The zero-order chi connectivity index (χ0) is 23.7. The lowest BCUT2D eigenvalue weighted by Crippen LogP contribution is -2.47. The van der Waals surface area contributed by atoms with Crippen molar-refractivity contribution in [2.24, 2.45) is 5.92 Å². The molecule has 1 aromatic carbocycles. The van der Waals surface area contributed by atoms with Gasteiger partial charge in [0.15, 0.2) is 0 Å². The fourth-order valence-corrected chi connectivity index (χ4v) is 4.86. The van der Waals surface area contributed by atoms with E-state index in [0.29, 0.717) is 19.1 Å². The average molecular weight is 463 g/mol. The van der Waals surface area contributed by atoms with Gasteiger partial charge < -0.3 is 24.4 Å². The lowest BCUT2D eigenvalue weighted by molar-refractivity contribution is -0.0472. The monoisotopic (exact) mass is 462 g/mol. The van der Waals surface area contributed by atoms with Crippen molar-refractivity contribution in [3.8, 4) is 0 Å². The second-order valence-electron chi connectivity index (χ2n) is 9.79. The van der Waals surface area contributed by atoms with Crippen LogP contribution in [0.25, 0.3) is 10.9 Å². The van der Waals surface area contributed by atoms with E-state index in [2.05, 4.69) is 60.2 Å². The van der Waals surface area contributed by atoms with E-state index in [1.54, 1.807) is 0 Å². The molecule has 0 aliphatic carbocycles. The van der Waals surface area contributed by atoms with Crippen molar-refractivity contribution < 1.29 is 14.2 Å². The highest BCUT2D eigenvalue weighted by atomic mass is 16.7. The van der Waals surface area contributed by atoms with Gasteiger partial charge in [-0.2, -0.15) is 0 Å². The lowest BCUT2D eigenvalue weighted by Gasteiger charge is -2.39. The Bertz CT molecular complexity index is 1130. The van der Waals surface area contributed by atoms with Crippen LogP contribution in [-0.4, -0.2) is 48.5 Å². The molecule has 5 rings (SSSR count). The summed E-state index contributed by atoms with van der Waals surface area (Å²) in [4.78, 5) is 11.8. The Kier molecular flexibility index (Phi) is 6.68. The van der Waals surface area contributed by atoms with Gasteiger partial charge in [-0.25, -0.2) is 0 Å². The molecule has 180 valence electrons. The molecule has 1 N–H and O–H groups in total. The predicted molar refractivity (Wildman–Crippen MR) is 135 cm³/mol. The van der Waals surface area contributed by atoms with Crippen LogP contribution in [0.3, 0.4) is 0 Å². The van der Waals surface area contributed by atoms with E-state index >= 15 is 0 Å². The van der Waals surface area contributed by atoms with Gasteiger partial charge in [0.05, 0.1) is 48.5 Å². The van der Waals surface area contributed by atoms with Gasteiger partial charge in [-0.15, -0.1) is 0 Å². The van der Waals surface area contributed by atoms with Gasteiger partial charge in [-0.3, -0.25) is 9.97 Å². The van der Waals surface area contributed by atoms with Crippen LogP contribution in [0.15, 0.2) is 42.6 Å².